The van der Waals surface area contributed by atoms with Crippen LogP contribution in [0.1, 0.15) is 53.4 Å². The van der Waals surface area contributed by atoms with Crippen molar-refractivity contribution in [2.75, 3.05) is 24.8 Å². The molecule has 4 rings (SSSR count). The minimum absolute atomic E-state index is 0.128. The molecule has 3 aromatic rings. The van der Waals surface area contributed by atoms with Gasteiger partial charge in [-0.25, -0.2) is 4.79 Å². The van der Waals surface area contributed by atoms with Gasteiger partial charge in [-0.1, -0.05) is 31.2 Å². The zero-order valence-electron chi connectivity index (χ0n) is 21.2. The predicted molar refractivity (Wildman–Crippen MR) is 148 cm³/mol. The molecule has 1 amide bonds. The maximum Gasteiger partial charge on any atom is 0.341 e. The number of carbonyl (C=O) groups excluding carboxylic acids is 2. The number of thiophene rings is 1. The van der Waals surface area contributed by atoms with Crippen molar-refractivity contribution in [3.63, 3.8) is 0 Å². The largest absolute Gasteiger partial charge is 0.494 e. The summed E-state index contributed by atoms with van der Waals surface area (Å²) in [6, 6.07) is 7.77. The van der Waals surface area contributed by atoms with Crippen LogP contribution in [-0.2, 0) is 28.9 Å². The number of anilines is 1. The van der Waals surface area contributed by atoms with Gasteiger partial charge in [0, 0.05) is 17.0 Å². The Morgan fingerprint density at radius 3 is 2.73 bits per heavy atom. The molecular weight excluding hydrogens is 508 g/mol. The van der Waals surface area contributed by atoms with Gasteiger partial charge in [0.15, 0.2) is 11.0 Å². The van der Waals surface area contributed by atoms with E-state index in [-0.39, 0.29) is 11.7 Å². The van der Waals surface area contributed by atoms with Gasteiger partial charge in [0.2, 0.25) is 5.91 Å². The number of aromatic nitrogens is 3. The monoisotopic (exact) mass is 540 g/mol. The van der Waals surface area contributed by atoms with E-state index in [1.165, 1.54) is 30.2 Å². The molecule has 0 spiro atoms. The molecular formula is C27H32N4O4S2. The number of amides is 1. The van der Waals surface area contributed by atoms with Gasteiger partial charge in [-0.05, 0) is 61.9 Å². The molecule has 10 heteroatoms. The number of nitrogens with zero attached hydrogens (tertiary/aromatic N) is 3. The maximum atomic E-state index is 12.9. The molecule has 8 nitrogen and oxygen atoms in total. The van der Waals surface area contributed by atoms with E-state index < -0.39 is 5.97 Å². The first-order chi connectivity index (χ1) is 18.0. The van der Waals surface area contributed by atoms with E-state index in [9.17, 15) is 9.59 Å². The van der Waals surface area contributed by atoms with E-state index in [1.807, 2.05) is 28.8 Å². The number of rotatable bonds is 12. The Morgan fingerprint density at radius 1 is 1.22 bits per heavy atom. The van der Waals surface area contributed by atoms with Crippen molar-refractivity contribution in [1.82, 2.24) is 14.8 Å². The molecule has 196 valence electrons. The summed E-state index contributed by atoms with van der Waals surface area (Å²) >= 11 is 2.77. The first-order valence-corrected chi connectivity index (χ1v) is 14.3. The van der Waals surface area contributed by atoms with Gasteiger partial charge in [-0.2, -0.15) is 0 Å². The molecule has 2 heterocycles. The Labute approximate surface area is 225 Å². The number of esters is 1. The van der Waals surface area contributed by atoms with Gasteiger partial charge in [-0.3, -0.25) is 9.36 Å². The average Bonchev–Trinajstić information content (AvgIpc) is 3.48. The molecule has 1 aliphatic carbocycles. The second-order valence-electron chi connectivity index (χ2n) is 8.68. The number of aryl methyl sites for hydroxylation is 1. The lowest BCUT2D eigenvalue weighted by molar-refractivity contribution is -0.113. The quantitative estimate of drug-likeness (QED) is 0.135. The van der Waals surface area contributed by atoms with Crippen molar-refractivity contribution in [3.8, 4) is 17.1 Å². The number of allylic oxidation sites excluding steroid dienone is 1. The summed E-state index contributed by atoms with van der Waals surface area (Å²) in [7, 11) is 1.37. The van der Waals surface area contributed by atoms with E-state index in [2.05, 4.69) is 29.0 Å². The van der Waals surface area contributed by atoms with Gasteiger partial charge in [0.05, 0.1) is 25.0 Å². The minimum atomic E-state index is -0.403. The van der Waals surface area contributed by atoms with E-state index in [1.54, 1.807) is 6.08 Å². The Morgan fingerprint density at radius 2 is 2.00 bits per heavy atom. The third kappa shape index (κ3) is 6.42. The molecule has 0 unspecified atom stereocenters. The summed E-state index contributed by atoms with van der Waals surface area (Å²) in [4.78, 5) is 26.5. The van der Waals surface area contributed by atoms with Crippen molar-refractivity contribution in [2.45, 2.75) is 57.1 Å². The molecule has 0 saturated carbocycles. The fourth-order valence-electron chi connectivity index (χ4n) is 4.20. The predicted octanol–water partition coefficient (Wildman–Crippen LogP) is 5.77. The van der Waals surface area contributed by atoms with Crippen molar-refractivity contribution < 1.29 is 19.1 Å². The van der Waals surface area contributed by atoms with Gasteiger partial charge >= 0.3 is 5.97 Å². The molecule has 0 atom stereocenters. The lowest BCUT2D eigenvalue weighted by Gasteiger charge is -2.11. The van der Waals surface area contributed by atoms with Crippen LogP contribution < -0.4 is 10.1 Å². The number of unbranched alkanes of at least 4 members (excludes halogenated alkanes) is 1. The van der Waals surface area contributed by atoms with Crippen molar-refractivity contribution in [1.29, 1.82) is 0 Å². The number of ether oxygens (including phenoxy) is 2. The second-order valence-corrected chi connectivity index (χ2v) is 10.7. The number of benzene rings is 1. The zero-order valence-corrected chi connectivity index (χ0v) is 22.9. The van der Waals surface area contributed by atoms with Crippen molar-refractivity contribution in [2.24, 2.45) is 0 Å². The number of fused-ring (bicyclic) bond motifs is 1. The molecule has 0 aliphatic heterocycles. The number of carbonyl (C=O) groups is 2. The number of hydrogen-bond donors (Lipinski definition) is 1. The van der Waals surface area contributed by atoms with Gasteiger partial charge in [-0.15, -0.1) is 28.1 Å². The summed E-state index contributed by atoms with van der Waals surface area (Å²) in [6.07, 6.45) is 7.76. The Balaban J connectivity index is 1.45. The Hall–Kier alpha value is -3.11. The molecule has 1 aromatic carbocycles. The maximum absolute atomic E-state index is 12.9. The number of thioether (sulfide) groups is 1. The van der Waals surface area contributed by atoms with E-state index in [0.717, 1.165) is 60.3 Å². The van der Waals surface area contributed by atoms with Gasteiger partial charge in [0.25, 0.3) is 0 Å². The lowest BCUT2D eigenvalue weighted by atomic mass is 9.95. The van der Waals surface area contributed by atoms with Crippen LogP contribution in [-0.4, -0.2) is 46.1 Å². The third-order valence-corrected chi connectivity index (χ3v) is 8.23. The van der Waals surface area contributed by atoms with E-state index in [4.69, 9.17) is 9.47 Å². The summed E-state index contributed by atoms with van der Waals surface area (Å²) in [5.41, 5.74) is 2.42. The standard InChI is InChI=1S/C27H32N4O4S2/c1-4-6-16-35-19-13-11-18(12-14-19)24-29-30-27(31(24)15-5-2)36-17-22(32)28-25-23(26(33)34-3)20-9-7-8-10-21(20)37-25/h5,11-14H,2,4,6-10,15-17H2,1,3H3,(H,28,32). The van der Waals surface area contributed by atoms with Crippen LogP contribution in [0.5, 0.6) is 5.75 Å². The molecule has 2 aromatic heterocycles. The highest BCUT2D eigenvalue weighted by Crippen LogP contribution is 2.38. The SMILES string of the molecule is C=CCn1c(SCC(=O)Nc2sc3c(c2C(=O)OC)CCCC3)nnc1-c1ccc(OCCCC)cc1. The van der Waals surface area contributed by atoms with Gasteiger partial charge < -0.3 is 14.8 Å². The summed E-state index contributed by atoms with van der Waals surface area (Å²) in [6.45, 7) is 7.19. The topological polar surface area (TPSA) is 95.3 Å². The van der Waals surface area contributed by atoms with Crippen LogP contribution >= 0.6 is 23.1 Å². The highest BCUT2D eigenvalue weighted by atomic mass is 32.2. The van der Waals surface area contributed by atoms with Crippen LogP contribution in [0.3, 0.4) is 0 Å². The fraction of sp³-hybridized carbons (Fsp3) is 0.407. The molecule has 0 bridgehead atoms. The van der Waals surface area contributed by atoms with Crippen LogP contribution in [0.15, 0.2) is 42.1 Å². The summed E-state index contributed by atoms with van der Waals surface area (Å²) in [5.74, 6) is 1.03. The van der Waals surface area contributed by atoms with Gasteiger partial charge in [0.1, 0.15) is 10.8 Å². The molecule has 0 saturated heterocycles. The normalized spacial score (nSPS) is 12.6. The van der Waals surface area contributed by atoms with Crippen LogP contribution in [0, 0.1) is 0 Å². The molecule has 0 radical (unpaired) electrons. The zero-order chi connectivity index (χ0) is 26.2. The first kappa shape index (κ1) is 26.9. The number of methoxy groups -OCH3 is 1. The van der Waals surface area contributed by atoms with E-state index in [0.29, 0.717) is 34.7 Å². The smallest absolute Gasteiger partial charge is 0.341 e. The Kier molecular flexibility index (Phi) is 9.40. The minimum Gasteiger partial charge on any atom is -0.494 e. The fourth-order valence-corrected chi connectivity index (χ4v) is 6.24. The van der Waals surface area contributed by atoms with Crippen LogP contribution in [0.4, 0.5) is 5.00 Å². The van der Waals surface area contributed by atoms with Crippen LogP contribution in [0.2, 0.25) is 0 Å². The highest BCUT2D eigenvalue weighted by molar-refractivity contribution is 7.99. The highest BCUT2D eigenvalue weighted by Gasteiger charge is 2.27. The molecule has 1 aliphatic rings. The average molecular weight is 541 g/mol. The first-order valence-electron chi connectivity index (χ1n) is 12.5. The van der Waals surface area contributed by atoms with Crippen molar-refractivity contribution in [3.05, 3.63) is 52.9 Å². The summed E-state index contributed by atoms with van der Waals surface area (Å²) in [5, 5.41) is 12.8. The molecule has 0 fully saturated rings. The molecule has 1 N–H and O–H groups in total. The number of hydrogen-bond acceptors (Lipinski definition) is 8. The Bertz CT molecular complexity index is 1250. The van der Waals surface area contributed by atoms with Crippen LogP contribution in [0.25, 0.3) is 11.4 Å². The number of nitrogens with one attached hydrogen (secondary N) is 1. The summed E-state index contributed by atoms with van der Waals surface area (Å²) < 4.78 is 12.7. The van der Waals surface area contributed by atoms with E-state index >= 15 is 0 Å². The lowest BCUT2D eigenvalue weighted by Crippen LogP contribution is -2.17. The third-order valence-electron chi connectivity index (χ3n) is 6.05. The second kappa shape index (κ2) is 12.9. The van der Waals surface area contributed by atoms with Crippen molar-refractivity contribution >= 4 is 40.0 Å². The molecule has 37 heavy (non-hydrogen) atoms.